The van der Waals surface area contributed by atoms with E-state index in [-0.39, 0.29) is 24.0 Å². The number of likely N-dealkylation sites (tertiary alicyclic amines) is 1. The lowest BCUT2D eigenvalue weighted by Gasteiger charge is -2.21. The number of nitrogens with one attached hydrogen (secondary N) is 1. The second-order valence-corrected chi connectivity index (χ2v) is 6.67. The highest BCUT2D eigenvalue weighted by molar-refractivity contribution is 14.0. The third-order valence-corrected chi connectivity index (χ3v) is 4.66. The zero-order chi connectivity index (χ0) is 17.1. The topological polar surface area (TPSA) is 58.6 Å². The molecule has 0 bridgehead atoms. The summed E-state index contributed by atoms with van der Waals surface area (Å²) in [5, 5.41) is 7.73. The van der Waals surface area contributed by atoms with E-state index in [1.165, 1.54) is 17.5 Å². The number of halogens is 1. The van der Waals surface area contributed by atoms with Crippen LogP contribution in [0.25, 0.3) is 0 Å². The van der Waals surface area contributed by atoms with Crippen molar-refractivity contribution in [3.05, 3.63) is 41.1 Å². The van der Waals surface area contributed by atoms with E-state index in [1.54, 1.807) is 0 Å². The van der Waals surface area contributed by atoms with Crippen molar-refractivity contribution in [2.24, 2.45) is 18.0 Å². The van der Waals surface area contributed by atoms with Crippen molar-refractivity contribution < 1.29 is 4.42 Å². The standard InChI is InChI=1S/C18H27N5O.HI/c1-13-7-17(14(2)24-13)10-20-18(19-3)23-6-5-15(12-23)8-16-9-21-22(4)11-16;/h7,9,11,15H,5-6,8,10,12H2,1-4H3,(H,19,20);1H. The molecule has 0 aromatic carbocycles. The summed E-state index contributed by atoms with van der Waals surface area (Å²) in [5.74, 6) is 3.57. The van der Waals surface area contributed by atoms with Crippen LogP contribution in [0.5, 0.6) is 0 Å². The van der Waals surface area contributed by atoms with Gasteiger partial charge in [-0.25, -0.2) is 0 Å². The Morgan fingerprint density at radius 1 is 1.44 bits per heavy atom. The fourth-order valence-electron chi connectivity index (χ4n) is 3.47. The first-order chi connectivity index (χ1) is 11.5. The van der Waals surface area contributed by atoms with Crippen LogP contribution in [0.3, 0.4) is 0 Å². The Hall–Kier alpha value is -1.51. The molecule has 2 aromatic rings. The molecular weight excluding hydrogens is 429 g/mol. The first kappa shape index (κ1) is 19.8. The summed E-state index contributed by atoms with van der Waals surface area (Å²) in [7, 11) is 3.82. The van der Waals surface area contributed by atoms with E-state index in [4.69, 9.17) is 4.42 Å². The van der Waals surface area contributed by atoms with E-state index in [9.17, 15) is 0 Å². The summed E-state index contributed by atoms with van der Waals surface area (Å²) in [4.78, 5) is 6.80. The van der Waals surface area contributed by atoms with Gasteiger partial charge >= 0.3 is 0 Å². The van der Waals surface area contributed by atoms with Gasteiger partial charge in [0.2, 0.25) is 0 Å². The lowest BCUT2D eigenvalue weighted by molar-refractivity contribution is 0.458. The van der Waals surface area contributed by atoms with Crippen LogP contribution in [0.2, 0.25) is 0 Å². The minimum atomic E-state index is 0. The average molecular weight is 457 g/mol. The maximum atomic E-state index is 5.59. The molecule has 1 unspecified atom stereocenters. The number of aliphatic imine (C=N–C) groups is 1. The third kappa shape index (κ3) is 4.99. The Morgan fingerprint density at radius 3 is 2.84 bits per heavy atom. The van der Waals surface area contributed by atoms with Crippen molar-refractivity contribution in [2.75, 3.05) is 20.1 Å². The van der Waals surface area contributed by atoms with Gasteiger partial charge in [0.05, 0.1) is 6.20 Å². The predicted molar refractivity (Wildman–Crippen MR) is 110 cm³/mol. The number of hydrogen-bond acceptors (Lipinski definition) is 3. The Morgan fingerprint density at radius 2 is 2.24 bits per heavy atom. The second kappa shape index (κ2) is 8.73. The molecule has 0 saturated carbocycles. The summed E-state index contributed by atoms with van der Waals surface area (Å²) in [6.45, 7) is 6.83. The Balaban J connectivity index is 0.00000225. The van der Waals surface area contributed by atoms with Crippen molar-refractivity contribution in [1.82, 2.24) is 20.0 Å². The summed E-state index contributed by atoms with van der Waals surface area (Å²) in [6, 6.07) is 2.09. The van der Waals surface area contributed by atoms with Crippen molar-refractivity contribution in [1.29, 1.82) is 0 Å². The molecule has 0 radical (unpaired) electrons. The predicted octanol–water partition coefficient (Wildman–Crippen LogP) is 2.89. The molecule has 0 spiro atoms. The number of aromatic nitrogens is 2. The van der Waals surface area contributed by atoms with Crippen molar-refractivity contribution in [3.8, 4) is 0 Å². The van der Waals surface area contributed by atoms with Crippen LogP contribution in [-0.4, -0.2) is 40.8 Å². The fourth-order valence-corrected chi connectivity index (χ4v) is 3.47. The molecule has 1 aliphatic heterocycles. The van der Waals surface area contributed by atoms with Crippen LogP contribution in [0.4, 0.5) is 0 Å². The zero-order valence-corrected chi connectivity index (χ0v) is 17.8. The number of guanidine groups is 1. The van der Waals surface area contributed by atoms with Crippen LogP contribution in [0.15, 0.2) is 27.9 Å². The molecule has 0 amide bonds. The molecule has 1 N–H and O–H groups in total. The van der Waals surface area contributed by atoms with Crippen LogP contribution in [0, 0.1) is 19.8 Å². The molecule has 1 saturated heterocycles. The zero-order valence-electron chi connectivity index (χ0n) is 15.5. The summed E-state index contributed by atoms with van der Waals surface area (Å²) in [6.07, 6.45) is 6.36. The van der Waals surface area contributed by atoms with Gasteiger partial charge in [0.15, 0.2) is 5.96 Å². The molecule has 138 valence electrons. The monoisotopic (exact) mass is 457 g/mol. The minimum Gasteiger partial charge on any atom is -0.466 e. The van der Waals surface area contributed by atoms with E-state index in [1.807, 2.05) is 38.8 Å². The first-order valence-electron chi connectivity index (χ1n) is 8.54. The van der Waals surface area contributed by atoms with E-state index >= 15 is 0 Å². The maximum absolute atomic E-state index is 5.59. The molecule has 1 aliphatic rings. The third-order valence-electron chi connectivity index (χ3n) is 4.66. The van der Waals surface area contributed by atoms with Crippen LogP contribution >= 0.6 is 24.0 Å². The van der Waals surface area contributed by atoms with Gasteiger partial charge in [0.1, 0.15) is 11.5 Å². The van der Waals surface area contributed by atoms with Crippen molar-refractivity contribution in [3.63, 3.8) is 0 Å². The molecular formula is C18H28IN5O. The van der Waals surface area contributed by atoms with Gasteiger partial charge in [-0.1, -0.05) is 0 Å². The lowest BCUT2D eigenvalue weighted by Crippen LogP contribution is -2.39. The first-order valence-corrected chi connectivity index (χ1v) is 8.54. The highest BCUT2D eigenvalue weighted by Gasteiger charge is 2.25. The summed E-state index contributed by atoms with van der Waals surface area (Å²) >= 11 is 0. The van der Waals surface area contributed by atoms with Gasteiger partial charge in [-0.2, -0.15) is 5.10 Å². The number of hydrogen-bond donors (Lipinski definition) is 1. The molecule has 0 aliphatic carbocycles. The number of aryl methyl sites for hydroxylation is 3. The van der Waals surface area contributed by atoms with Gasteiger partial charge in [-0.15, -0.1) is 24.0 Å². The molecule has 25 heavy (non-hydrogen) atoms. The fraction of sp³-hybridized carbons (Fsp3) is 0.556. The van der Waals surface area contributed by atoms with Gasteiger partial charge in [-0.05, 0) is 44.2 Å². The van der Waals surface area contributed by atoms with E-state index in [0.717, 1.165) is 43.5 Å². The second-order valence-electron chi connectivity index (χ2n) is 6.67. The number of rotatable bonds is 4. The Kier molecular flexibility index (Phi) is 6.92. The largest absolute Gasteiger partial charge is 0.466 e. The van der Waals surface area contributed by atoms with Crippen LogP contribution in [0.1, 0.15) is 29.1 Å². The SMILES string of the molecule is CN=C(NCc1cc(C)oc1C)N1CCC(Cc2cnn(C)c2)C1.I. The Bertz CT molecular complexity index is 721. The highest BCUT2D eigenvalue weighted by Crippen LogP contribution is 2.21. The molecule has 1 atom stereocenters. The maximum Gasteiger partial charge on any atom is 0.193 e. The van der Waals surface area contributed by atoms with Gasteiger partial charge in [0.25, 0.3) is 0 Å². The van der Waals surface area contributed by atoms with Gasteiger partial charge < -0.3 is 14.6 Å². The summed E-state index contributed by atoms with van der Waals surface area (Å²) in [5.41, 5.74) is 2.51. The normalized spacial score (nSPS) is 17.7. The van der Waals surface area contributed by atoms with Crippen LogP contribution < -0.4 is 5.32 Å². The van der Waals surface area contributed by atoms with E-state index in [0.29, 0.717) is 5.92 Å². The van der Waals surface area contributed by atoms with Crippen LogP contribution in [-0.2, 0) is 20.0 Å². The quantitative estimate of drug-likeness (QED) is 0.436. The molecule has 1 fully saturated rings. The molecule has 7 heteroatoms. The van der Waals surface area contributed by atoms with E-state index in [2.05, 4.69) is 32.6 Å². The summed E-state index contributed by atoms with van der Waals surface area (Å²) < 4.78 is 7.46. The number of nitrogens with zero attached hydrogens (tertiary/aromatic N) is 4. The minimum absolute atomic E-state index is 0. The molecule has 2 aromatic heterocycles. The highest BCUT2D eigenvalue weighted by atomic mass is 127. The average Bonchev–Trinajstić information content (AvgIpc) is 3.23. The smallest absolute Gasteiger partial charge is 0.193 e. The molecule has 3 heterocycles. The molecule has 3 rings (SSSR count). The Labute approximate surface area is 166 Å². The lowest BCUT2D eigenvalue weighted by atomic mass is 10.0. The van der Waals surface area contributed by atoms with Gasteiger partial charge in [-0.3, -0.25) is 9.67 Å². The van der Waals surface area contributed by atoms with E-state index < -0.39 is 0 Å². The van der Waals surface area contributed by atoms with Crippen molar-refractivity contribution >= 4 is 29.9 Å². The van der Waals surface area contributed by atoms with Gasteiger partial charge in [0, 0.05) is 45.5 Å². The van der Waals surface area contributed by atoms with Crippen molar-refractivity contribution in [2.45, 2.75) is 33.2 Å². The molecule has 6 nitrogen and oxygen atoms in total. The number of furan rings is 1.